The minimum atomic E-state index is 0.423. The average Bonchev–Trinajstić information content (AvgIpc) is 3.06. The van der Waals surface area contributed by atoms with Crippen LogP contribution >= 0.6 is 0 Å². The van der Waals surface area contributed by atoms with Gasteiger partial charge in [0.1, 0.15) is 5.76 Å². The Kier molecular flexibility index (Phi) is 2.98. The first-order valence-corrected chi connectivity index (χ1v) is 6.13. The Labute approximate surface area is 115 Å². The number of hydrogen-bond acceptors (Lipinski definition) is 5. The van der Waals surface area contributed by atoms with Crippen LogP contribution in [0.5, 0.6) is 11.5 Å². The van der Waals surface area contributed by atoms with Crippen molar-refractivity contribution in [3.05, 3.63) is 36.3 Å². The molecule has 3 aromatic rings. The maximum Gasteiger partial charge on any atom is 0.201 e. The summed E-state index contributed by atoms with van der Waals surface area (Å²) in [4.78, 5) is 4.34. The highest BCUT2D eigenvalue weighted by molar-refractivity contribution is 5.82. The number of nitrogen functional groups attached to an aromatic ring is 1. The highest BCUT2D eigenvalue weighted by atomic mass is 16.5. The van der Waals surface area contributed by atoms with Crippen LogP contribution in [0.25, 0.3) is 11.0 Å². The molecule has 0 amide bonds. The summed E-state index contributed by atoms with van der Waals surface area (Å²) in [6, 6.07) is 7.41. The lowest BCUT2D eigenvalue weighted by molar-refractivity contribution is 0.355. The number of nitrogens with two attached hydrogens (primary N) is 1. The van der Waals surface area contributed by atoms with E-state index in [2.05, 4.69) is 4.98 Å². The van der Waals surface area contributed by atoms with Crippen molar-refractivity contribution in [1.29, 1.82) is 0 Å². The third-order valence-electron chi connectivity index (χ3n) is 3.18. The molecule has 20 heavy (non-hydrogen) atoms. The number of rotatable bonds is 4. The molecule has 0 bridgehead atoms. The Bertz CT molecular complexity index is 732. The largest absolute Gasteiger partial charge is 0.493 e. The number of aromatic nitrogens is 2. The number of fused-ring (bicyclic) bond motifs is 1. The molecule has 2 aromatic heterocycles. The third kappa shape index (κ3) is 1.95. The number of nitrogens with zero attached hydrogens (tertiary/aromatic N) is 2. The van der Waals surface area contributed by atoms with Gasteiger partial charge in [0.15, 0.2) is 11.5 Å². The SMILES string of the molecule is COc1cc2nc(N)n(Cc3ccco3)c2cc1OC. The van der Waals surface area contributed by atoms with E-state index < -0.39 is 0 Å². The van der Waals surface area contributed by atoms with Crippen LogP contribution in [-0.4, -0.2) is 23.8 Å². The standard InChI is InChI=1S/C14H15N3O3/c1-18-12-6-10-11(7-13(12)19-2)17(14(15)16-10)8-9-4-3-5-20-9/h3-7H,8H2,1-2H3,(H2,15,16). The van der Waals surface area contributed by atoms with Gasteiger partial charge in [-0.25, -0.2) is 4.98 Å². The molecule has 2 heterocycles. The summed E-state index contributed by atoms with van der Waals surface area (Å²) < 4.78 is 17.8. The lowest BCUT2D eigenvalue weighted by Crippen LogP contribution is -2.03. The maximum atomic E-state index is 5.98. The quantitative estimate of drug-likeness (QED) is 0.789. The zero-order chi connectivity index (χ0) is 14.1. The van der Waals surface area contributed by atoms with E-state index in [1.807, 2.05) is 28.8 Å². The van der Waals surface area contributed by atoms with Crippen LogP contribution in [0.15, 0.2) is 34.9 Å². The highest BCUT2D eigenvalue weighted by Gasteiger charge is 2.14. The Morgan fingerprint density at radius 2 is 2.00 bits per heavy atom. The van der Waals surface area contributed by atoms with Crippen molar-refractivity contribution in [2.45, 2.75) is 6.54 Å². The fourth-order valence-electron chi connectivity index (χ4n) is 2.19. The second kappa shape index (κ2) is 4.80. The van der Waals surface area contributed by atoms with E-state index >= 15 is 0 Å². The molecule has 0 spiro atoms. The zero-order valence-electron chi connectivity index (χ0n) is 11.3. The van der Waals surface area contributed by atoms with Gasteiger partial charge in [0.25, 0.3) is 0 Å². The van der Waals surface area contributed by atoms with Crippen LogP contribution in [0.2, 0.25) is 0 Å². The van der Waals surface area contributed by atoms with Gasteiger partial charge in [0.2, 0.25) is 5.95 Å². The monoisotopic (exact) mass is 273 g/mol. The van der Waals surface area contributed by atoms with E-state index in [0.29, 0.717) is 24.0 Å². The fraction of sp³-hybridized carbons (Fsp3) is 0.214. The van der Waals surface area contributed by atoms with Crippen molar-refractivity contribution in [3.63, 3.8) is 0 Å². The molecule has 6 heteroatoms. The molecule has 3 rings (SSSR count). The normalized spacial score (nSPS) is 10.9. The number of methoxy groups -OCH3 is 2. The number of hydrogen-bond donors (Lipinski definition) is 1. The summed E-state index contributed by atoms with van der Waals surface area (Å²) in [5.74, 6) is 2.50. The molecule has 2 N–H and O–H groups in total. The molecule has 0 saturated carbocycles. The van der Waals surface area contributed by atoms with Crippen LogP contribution in [-0.2, 0) is 6.54 Å². The van der Waals surface area contributed by atoms with Gasteiger partial charge in [-0.1, -0.05) is 0 Å². The molecule has 0 saturated heterocycles. The minimum absolute atomic E-state index is 0.423. The molecular formula is C14H15N3O3. The van der Waals surface area contributed by atoms with Crippen molar-refractivity contribution in [2.75, 3.05) is 20.0 Å². The highest BCUT2D eigenvalue weighted by Crippen LogP contribution is 2.33. The summed E-state index contributed by atoms with van der Waals surface area (Å²) in [5, 5.41) is 0. The number of ether oxygens (including phenoxy) is 2. The molecule has 0 aliphatic rings. The predicted octanol–water partition coefficient (Wildman–Crippen LogP) is 2.28. The van der Waals surface area contributed by atoms with Gasteiger partial charge in [-0.05, 0) is 12.1 Å². The first kappa shape index (κ1) is 12.4. The van der Waals surface area contributed by atoms with Gasteiger partial charge in [-0.3, -0.25) is 0 Å². The molecule has 0 radical (unpaired) electrons. The molecule has 0 aliphatic carbocycles. The Morgan fingerprint density at radius 3 is 2.65 bits per heavy atom. The van der Waals surface area contributed by atoms with Gasteiger partial charge in [0.05, 0.1) is 38.1 Å². The zero-order valence-corrected chi connectivity index (χ0v) is 11.3. The lowest BCUT2D eigenvalue weighted by Gasteiger charge is -2.08. The van der Waals surface area contributed by atoms with Crippen LogP contribution in [0, 0.1) is 0 Å². The number of furan rings is 1. The maximum absolute atomic E-state index is 5.98. The van der Waals surface area contributed by atoms with Crippen molar-refractivity contribution >= 4 is 17.0 Å². The third-order valence-corrected chi connectivity index (χ3v) is 3.18. The Morgan fingerprint density at radius 1 is 1.25 bits per heavy atom. The van der Waals surface area contributed by atoms with Crippen molar-refractivity contribution < 1.29 is 13.9 Å². The van der Waals surface area contributed by atoms with Gasteiger partial charge < -0.3 is 24.2 Å². The first-order valence-electron chi connectivity index (χ1n) is 6.13. The Hall–Kier alpha value is -2.63. The molecular weight excluding hydrogens is 258 g/mol. The summed E-state index contributed by atoms with van der Waals surface area (Å²) in [5.41, 5.74) is 7.61. The van der Waals surface area contributed by atoms with E-state index in [-0.39, 0.29) is 0 Å². The molecule has 0 aliphatic heterocycles. The summed E-state index contributed by atoms with van der Waals surface area (Å²) >= 11 is 0. The second-order valence-corrected chi connectivity index (χ2v) is 4.33. The number of anilines is 1. The number of benzene rings is 1. The first-order chi connectivity index (χ1) is 9.72. The second-order valence-electron chi connectivity index (χ2n) is 4.33. The molecule has 0 atom stereocenters. The summed E-state index contributed by atoms with van der Waals surface area (Å²) in [6.45, 7) is 0.519. The fourth-order valence-corrected chi connectivity index (χ4v) is 2.19. The number of imidazole rings is 1. The molecule has 6 nitrogen and oxygen atoms in total. The van der Waals surface area contributed by atoms with E-state index in [0.717, 1.165) is 16.8 Å². The van der Waals surface area contributed by atoms with Gasteiger partial charge in [-0.2, -0.15) is 0 Å². The van der Waals surface area contributed by atoms with E-state index in [1.54, 1.807) is 20.5 Å². The lowest BCUT2D eigenvalue weighted by atomic mass is 10.2. The van der Waals surface area contributed by atoms with Crippen molar-refractivity contribution in [2.24, 2.45) is 0 Å². The minimum Gasteiger partial charge on any atom is -0.493 e. The molecule has 0 unspecified atom stereocenters. The van der Waals surface area contributed by atoms with E-state index in [4.69, 9.17) is 19.6 Å². The summed E-state index contributed by atoms with van der Waals surface area (Å²) in [7, 11) is 3.19. The van der Waals surface area contributed by atoms with Gasteiger partial charge in [-0.15, -0.1) is 0 Å². The molecule has 104 valence electrons. The predicted molar refractivity (Wildman–Crippen MR) is 75.1 cm³/mol. The smallest absolute Gasteiger partial charge is 0.201 e. The van der Waals surface area contributed by atoms with Crippen molar-refractivity contribution in [3.8, 4) is 11.5 Å². The van der Waals surface area contributed by atoms with E-state index in [1.165, 1.54) is 0 Å². The van der Waals surface area contributed by atoms with Crippen molar-refractivity contribution in [1.82, 2.24) is 9.55 Å². The van der Waals surface area contributed by atoms with Crippen LogP contribution in [0.1, 0.15) is 5.76 Å². The topological polar surface area (TPSA) is 75.4 Å². The van der Waals surface area contributed by atoms with Gasteiger partial charge in [0, 0.05) is 12.1 Å². The van der Waals surface area contributed by atoms with Crippen LogP contribution in [0.4, 0.5) is 5.95 Å². The van der Waals surface area contributed by atoms with E-state index in [9.17, 15) is 0 Å². The average molecular weight is 273 g/mol. The Balaban J connectivity index is 2.14. The molecule has 0 fully saturated rings. The van der Waals surface area contributed by atoms with Crippen LogP contribution in [0.3, 0.4) is 0 Å². The molecule has 1 aromatic carbocycles. The van der Waals surface area contributed by atoms with Crippen LogP contribution < -0.4 is 15.2 Å². The summed E-state index contributed by atoms with van der Waals surface area (Å²) in [6.07, 6.45) is 1.63. The van der Waals surface area contributed by atoms with Gasteiger partial charge >= 0.3 is 0 Å².